The third kappa shape index (κ3) is 8.00. The van der Waals surface area contributed by atoms with Crippen molar-refractivity contribution in [1.82, 2.24) is 0 Å². The molecule has 0 saturated heterocycles. The number of hydrogen-bond donors (Lipinski definition) is 0. The highest BCUT2D eigenvalue weighted by atomic mass is 16.5. The predicted molar refractivity (Wildman–Crippen MR) is 59.2 cm³/mol. The number of methoxy groups -OCH3 is 1. The molecule has 15 heavy (non-hydrogen) atoms. The summed E-state index contributed by atoms with van der Waals surface area (Å²) in [5.74, 6) is 0.368. The van der Waals surface area contributed by atoms with E-state index in [1.54, 1.807) is 7.11 Å². The maximum atomic E-state index is 10.9. The third-order valence-electron chi connectivity index (χ3n) is 1.83. The SMILES string of the molecule is C=C(CC(C[N+](C)(C)C)OC(C)=O)OC. The Bertz CT molecular complexity index is 230. The highest BCUT2D eigenvalue weighted by Crippen LogP contribution is 2.10. The van der Waals surface area contributed by atoms with Gasteiger partial charge in [0, 0.05) is 13.3 Å². The molecule has 0 aliphatic carbocycles. The number of ether oxygens (including phenoxy) is 2. The average Bonchev–Trinajstić information content (AvgIpc) is 1.99. The van der Waals surface area contributed by atoms with Crippen molar-refractivity contribution in [3.63, 3.8) is 0 Å². The molecule has 1 unspecified atom stereocenters. The minimum absolute atomic E-state index is 0.171. The van der Waals surface area contributed by atoms with Gasteiger partial charge in [0.1, 0.15) is 6.54 Å². The molecule has 0 aliphatic rings. The molecule has 0 saturated carbocycles. The lowest BCUT2D eigenvalue weighted by atomic mass is 10.2. The van der Waals surface area contributed by atoms with Crippen molar-refractivity contribution in [2.24, 2.45) is 0 Å². The summed E-state index contributed by atoms with van der Waals surface area (Å²) < 4.78 is 10.9. The number of carbonyl (C=O) groups excluding carboxylic acids is 1. The molecule has 1 atom stereocenters. The lowest BCUT2D eigenvalue weighted by Crippen LogP contribution is -2.43. The molecular formula is C11H22NO3+. The van der Waals surface area contributed by atoms with E-state index in [1.165, 1.54) is 6.92 Å². The van der Waals surface area contributed by atoms with Gasteiger partial charge in [-0.3, -0.25) is 4.79 Å². The molecule has 0 bridgehead atoms. The standard InChI is InChI=1S/C11H22NO3/c1-9(14-6)7-11(15-10(2)13)8-12(3,4)5/h11H,1,7-8H2,2-6H3/q+1. The number of esters is 1. The van der Waals surface area contributed by atoms with Crippen LogP contribution in [0, 0.1) is 0 Å². The molecule has 0 rings (SSSR count). The quantitative estimate of drug-likeness (QED) is 0.380. The van der Waals surface area contributed by atoms with Crippen LogP contribution in [0.3, 0.4) is 0 Å². The predicted octanol–water partition coefficient (Wildman–Crippen LogP) is 1.17. The lowest BCUT2D eigenvalue weighted by molar-refractivity contribution is -0.873. The summed E-state index contributed by atoms with van der Waals surface area (Å²) in [5, 5.41) is 0. The van der Waals surface area contributed by atoms with Crippen LogP contribution in [0.2, 0.25) is 0 Å². The van der Waals surface area contributed by atoms with Crippen LogP contribution >= 0.6 is 0 Å². The van der Waals surface area contributed by atoms with Crippen LogP contribution in [0.1, 0.15) is 13.3 Å². The van der Waals surface area contributed by atoms with Crippen molar-refractivity contribution in [2.75, 3.05) is 34.8 Å². The van der Waals surface area contributed by atoms with Gasteiger partial charge in [0.25, 0.3) is 0 Å². The van der Waals surface area contributed by atoms with Gasteiger partial charge in [0.2, 0.25) is 0 Å². The highest BCUT2D eigenvalue weighted by molar-refractivity contribution is 5.66. The summed E-state index contributed by atoms with van der Waals surface area (Å²) in [6.07, 6.45) is 0.376. The van der Waals surface area contributed by atoms with Gasteiger partial charge in [-0.05, 0) is 0 Å². The summed E-state index contributed by atoms with van der Waals surface area (Å²) in [6, 6.07) is 0. The number of quaternary nitrogens is 1. The fraction of sp³-hybridized carbons (Fsp3) is 0.727. The first-order valence-corrected chi connectivity index (χ1v) is 4.94. The van der Waals surface area contributed by atoms with Crippen LogP contribution in [0.15, 0.2) is 12.3 Å². The van der Waals surface area contributed by atoms with Crippen LogP contribution in [-0.4, -0.2) is 51.4 Å². The monoisotopic (exact) mass is 216 g/mol. The van der Waals surface area contributed by atoms with E-state index in [0.29, 0.717) is 12.2 Å². The normalized spacial score (nSPS) is 13.1. The van der Waals surface area contributed by atoms with Crippen molar-refractivity contribution in [2.45, 2.75) is 19.4 Å². The molecule has 0 amide bonds. The van der Waals surface area contributed by atoms with Crippen molar-refractivity contribution < 1.29 is 18.8 Å². The average molecular weight is 216 g/mol. The molecule has 0 aromatic heterocycles. The molecule has 0 heterocycles. The summed E-state index contributed by atoms with van der Waals surface area (Å²) in [5.41, 5.74) is 0. The first-order chi connectivity index (χ1) is 6.74. The second-order valence-electron chi connectivity index (χ2n) is 4.65. The maximum absolute atomic E-state index is 10.9. The van der Waals surface area contributed by atoms with Gasteiger partial charge in [-0.1, -0.05) is 6.58 Å². The van der Waals surface area contributed by atoms with Crippen molar-refractivity contribution in [3.8, 4) is 0 Å². The first kappa shape index (κ1) is 14.0. The van der Waals surface area contributed by atoms with Crippen LogP contribution in [0.25, 0.3) is 0 Å². The van der Waals surface area contributed by atoms with E-state index >= 15 is 0 Å². The van der Waals surface area contributed by atoms with Crippen molar-refractivity contribution in [3.05, 3.63) is 12.3 Å². The molecule has 4 nitrogen and oxygen atoms in total. The van der Waals surface area contributed by atoms with E-state index in [1.807, 2.05) is 21.1 Å². The zero-order valence-electron chi connectivity index (χ0n) is 10.4. The molecule has 0 N–H and O–H groups in total. The van der Waals surface area contributed by atoms with Gasteiger partial charge in [-0.15, -0.1) is 0 Å². The van der Waals surface area contributed by atoms with Gasteiger partial charge in [-0.25, -0.2) is 0 Å². The number of nitrogens with zero attached hydrogens (tertiary/aromatic N) is 1. The first-order valence-electron chi connectivity index (χ1n) is 4.94. The molecular weight excluding hydrogens is 194 g/mol. The third-order valence-corrected chi connectivity index (χ3v) is 1.83. The van der Waals surface area contributed by atoms with Gasteiger partial charge < -0.3 is 14.0 Å². The van der Waals surface area contributed by atoms with Crippen LogP contribution < -0.4 is 0 Å². The Balaban J connectivity index is 4.31. The second-order valence-corrected chi connectivity index (χ2v) is 4.65. The largest absolute Gasteiger partial charge is 0.502 e. The van der Waals surface area contributed by atoms with Crippen LogP contribution in [0.4, 0.5) is 0 Å². The number of hydrogen-bond acceptors (Lipinski definition) is 3. The Morgan fingerprint density at radius 2 is 1.93 bits per heavy atom. The zero-order valence-corrected chi connectivity index (χ0v) is 10.4. The fourth-order valence-corrected chi connectivity index (χ4v) is 1.33. The molecule has 4 heteroatoms. The second kappa shape index (κ2) is 5.75. The molecule has 0 radical (unpaired) electrons. The van der Waals surface area contributed by atoms with Crippen molar-refractivity contribution >= 4 is 5.97 Å². The van der Waals surface area contributed by atoms with Gasteiger partial charge in [-0.2, -0.15) is 0 Å². The Labute approximate surface area is 92.1 Å². The van der Waals surface area contributed by atoms with Crippen LogP contribution in [0.5, 0.6) is 0 Å². The minimum Gasteiger partial charge on any atom is -0.502 e. The molecule has 0 aromatic rings. The van der Waals surface area contributed by atoms with Gasteiger partial charge in [0.05, 0.1) is 34.0 Å². The number of rotatable bonds is 6. The summed E-state index contributed by atoms with van der Waals surface area (Å²) in [6.45, 7) is 5.88. The minimum atomic E-state index is -0.266. The van der Waals surface area contributed by atoms with E-state index in [4.69, 9.17) is 9.47 Å². The fourth-order valence-electron chi connectivity index (χ4n) is 1.33. The Morgan fingerprint density at radius 1 is 1.40 bits per heavy atom. The lowest BCUT2D eigenvalue weighted by Gasteiger charge is -2.28. The van der Waals surface area contributed by atoms with E-state index in [0.717, 1.165) is 11.0 Å². The highest BCUT2D eigenvalue weighted by Gasteiger charge is 2.21. The summed E-state index contributed by atoms with van der Waals surface area (Å²) in [7, 11) is 7.71. The molecule has 0 fully saturated rings. The summed E-state index contributed by atoms with van der Waals surface area (Å²) >= 11 is 0. The smallest absolute Gasteiger partial charge is 0.303 e. The molecule has 88 valence electrons. The zero-order chi connectivity index (χ0) is 12.1. The summed E-state index contributed by atoms with van der Waals surface area (Å²) in [4.78, 5) is 10.9. The molecule has 0 spiro atoms. The van der Waals surface area contributed by atoms with Crippen LogP contribution in [-0.2, 0) is 14.3 Å². The Morgan fingerprint density at radius 3 is 2.27 bits per heavy atom. The van der Waals surface area contributed by atoms with E-state index < -0.39 is 0 Å². The number of carbonyl (C=O) groups is 1. The van der Waals surface area contributed by atoms with E-state index in [-0.39, 0.29) is 12.1 Å². The maximum Gasteiger partial charge on any atom is 0.303 e. The number of likely N-dealkylation sites (N-methyl/N-ethyl adjacent to an activating group) is 1. The van der Waals surface area contributed by atoms with E-state index in [2.05, 4.69) is 6.58 Å². The van der Waals surface area contributed by atoms with Gasteiger partial charge in [0.15, 0.2) is 6.10 Å². The van der Waals surface area contributed by atoms with Crippen molar-refractivity contribution in [1.29, 1.82) is 0 Å². The molecule has 0 aromatic carbocycles. The molecule has 0 aliphatic heterocycles. The van der Waals surface area contributed by atoms with E-state index in [9.17, 15) is 4.79 Å². The Hall–Kier alpha value is -1.03. The Kier molecular flexibility index (Phi) is 5.36. The van der Waals surface area contributed by atoms with Gasteiger partial charge >= 0.3 is 5.97 Å². The topological polar surface area (TPSA) is 35.5 Å².